The lowest BCUT2D eigenvalue weighted by molar-refractivity contribution is -0.118. The molecule has 0 unspecified atom stereocenters. The number of aromatic nitrogens is 1. The van der Waals surface area contributed by atoms with Gasteiger partial charge in [-0.25, -0.2) is 0 Å². The van der Waals surface area contributed by atoms with Crippen LogP contribution < -0.4 is 0 Å². The maximum absolute atomic E-state index is 11.9. The number of nitrogens with zero attached hydrogens (tertiary/aromatic N) is 1. The van der Waals surface area contributed by atoms with E-state index < -0.39 is 0 Å². The van der Waals surface area contributed by atoms with Crippen LogP contribution in [0.1, 0.15) is 32.3 Å². The minimum Gasteiger partial charge on any atom is -0.299 e. The van der Waals surface area contributed by atoms with Crippen LogP contribution in [0.2, 0.25) is 0 Å². The molecule has 2 nitrogen and oxygen atoms in total. The molecular weight excluding hydrogens is 222 g/mol. The molecule has 2 aromatic rings. The van der Waals surface area contributed by atoms with Gasteiger partial charge in [0, 0.05) is 24.4 Å². The number of para-hydroxylation sites is 1. The minimum absolute atomic E-state index is 0.319. The number of benzene rings is 1. The quantitative estimate of drug-likeness (QED) is 0.797. The molecule has 0 aliphatic heterocycles. The van der Waals surface area contributed by atoms with Crippen LogP contribution in [0.3, 0.4) is 0 Å². The molecule has 0 bridgehead atoms. The van der Waals surface area contributed by atoms with E-state index in [2.05, 4.69) is 18.8 Å². The van der Waals surface area contributed by atoms with Crippen molar-refractivity contribution in [1.82, 2.24) is 4.98 Å². The molecule has 1 aromatic carbocycles. The Balaban J connectivity index is 2.14. The van der Waals surface area contributed by atoms with E-state index in [0.29, 0.717) is 24.5 Å². The molecule has 0 N–H and O–H groups in total. The highest BCUT2D eigenvalue weighted by molar-refractivity contribution is 5.88. The largest absolute Gasteiger partial charge is 0.299 e. The van der Waals surface area contributed by atoms with Crippen molar-refractivity contribution in [2.75, 3.05) is 0 Å². The zero-order valence-electron chi connectivity index (χ0n) is 11.0. The lowest BCUT2D eigenvalue weighted by Gasteiger charge is -2.06. The number of hydrogen-bond donors (Lipinski definition) is 0. The van der Waals surface area contributed by atoms with Crippen LogP contribution >= 0.6 is 0 Å². The smallest absolute Gasteiger partial charge is 0.137 e. The first kappa shape index (κ1) is 12.7. The average Bonchev–Trinajstić information content (AvgIpc) is 2.37. The molecule has 94 valence electrons. The Labute approximate surface area is 108 Å². The Morgan fingerprint density at radius 2 is 2.00 bits per heavy atom. The molecule has 0 aliphatic rings. The number of rotatable bonds is 5. The molecule has 0 saturated heterocycles. The number of pyridine rings is 1. The lowest BCUT2D eigenvalue weighted by atomic mass is 9.99. The molecule has 0 saturated carbocycles. The molecule has 2 heteroatoms. The van der Waals surface area contributed by atoms with Gasteiger partial charge < -0.3 is 0 Å². The highest BCUT2D eigenvalue weighted by Crippen LogP contribution is 2.17. The van der Waals surface area contributed by atoms with Crippen molar-refractivity contribution in [1.29, 1.82) is 0 Å². The van der Waals surface area contributed by atoms with Crippen molar-refractivity contribution < 1.29 is 4.79 Å². The second-order valence-corrected chi connectivity index (χ2v) is 5.14. The summed E-state index contributed by atoms with van der Waals surface area (Å²) in [6.45, 7) is 4.30. The van der Waals surface area contributed by atoms with Crippen LogP contribution in [0.4, 0.5) is 0 Å². The van der Waals surface area contributed by atoms with E-state index in [1.165, 1.54) is 0 Å². The summed E-state index contributed by atoms with van der Waals surface area (Å²) < 4.78 is 0. The van der Waals surface area contributed by atoms with Gasteiger partial charge in [-0.1, -0.05) is 32.0 Å². The summed E-state index contributed by atoms with van der Waals surface area (Å²) in [4.78, 5) is 16.3. The molecule has 18 heavy (non-hydrogen) atoms. The van der Waals surface area contributed by atoms with Crippen molar-refractivity contribution in [2.45, 2.75) is 33.1 Å². The highest BCUT2D eigenvalue weighted by atomic mass is 16.1. The third-order valence-corrected chi connectivity index (χ3v) is 3.13. The Hall–Kier alpha value is -1.70. The van der Waals surface area contributed by atoms with Crippen molar-refractivity contribution in [3.05, 3.63) is 42.1 Å². The average molecular weight is 241 g/mol. The fourth-order valence-electron chi connectivity index (χ4n) is 2.06. The van der Waals surface area contributed by atoms with Crippen LogP contribution in [-0.2, 0) is 11.2 Å². The lowest BCUT2D eigenvalue weighted by Crippen LogP contribution is -2.05. The fraction of sp³-hybridized carbons (Fsp3) is 0.375. The normalized spacial score (nSPS) is 11.1. The van der Waals surface area contributed by atoms with E-state index in [1.807, 2.05) is 30.3 Å². The first-order valence-electron chi connectivity index (χ1n) is 6.51. The van der Waals surface area contributed by atoms with Gasteiger partial charge in [0.25, 0.3) is 0 Å². The number of carbonyl (C=O) groups excluding carboxylic acids is 1. The van der Waals surface area contributed by atoms with Gasteiger partial charge in [-0.3, -0.25) is 9.78 Å². The zero-order valence-corrected chi connectivity index (χ0v) is 11.0. The third kappa shape index (κ3) is 3.16. The summed E-state index contributed by atoms with van der Waals surface area (Å²) in [5.41, 5.74) is 2.06. The summed E-state index contributed by atoms with van der Waals surface area (Å²) in [5, 5.41) is 1.10. The molecule has 1 aromatic heterocycles. The van der Waals surface area contributed by atoms with Crippen molar-refractivity contribution in [3.8, 4) is 0 Å². The van der Waals surface area contributed by atoms with Crippen LogP contribution in [0, 0.1) is 5.92 Å². The van der Waals surface area contributed by atoms with Crippen LogP contribution in [0.5, 0.6) is 0 Å². The van der Waals surface area contributed by atoms with Gasteiger partial charge in [0.15, 0.2) is 0 Å². The van der Waals surface area contributed by atoms with Gasteiger partial charge in [0.05, 0.1) is 5.52 Å². The maximum Gasteiger partial charge on any atom is 0.137 e. The molecule has 1 heterocycles. The van der Waals surface area contributed by atoms with Crippen LogP contribution in [0.15, 0.2) is 36.5 Å². The summed E-state index contributed by atoms with van der Waals surface area (Å²) in [6.07, 6.45) is 3.96. The van der Waals surface area contributed by atoms with Crippen molar-refractivity contribution in [2.24, 2.45) is 5.92 Å². The minimum atomic E-state index is 0.319. The molecular formula is C16H19NO. The SMILES string of the molecule is CC(C)CCC(=O)Cc1ccnc2ccccc12. The molecule has 0 aliphatic carbocycles. The zero-order chi connectivity index (χ0) is 13.0. The van der Waals surface area contributed by atoms with Gasteiger partial charge in [-0.15, -0.1) is 0 Å². The second kappa shape index (κ2) is 5.76. The third-order valence-electron chi connectivity index (χ3n) is 3.13. The number of hydrogen-bond acceptors (Lipinski definition) is 2. The van der Waals surface area contributed by atoms with E-state index in [4.69, 9.17) is 0 Å². The van der Waals surface area contributed by atoms with Gasteiger partial charge in [0.1, 0.15) is 5.78 Å². The molecule has 0 radical (unpaired) electrons. The van der Waals surface area contributed by atoms with Gasteiger partial charge >= 0.3 is 0 Å². The second-order valence-electron chi connectivity index (χ2n) is 5.14. The predicted molar refractivity (Wildman–Crippen MR) is 74.5 cm³/mol. The monoisotopic (exact) mass is 241 g/mol. The Morgan fingerprint density at radius 1 is 1.22 bits per heavy atom. The summed E-state index contributed by atoms with van der Waals surface area (Å²) in [5.74, 6) is 0.906. The van der Waals surface area contributed by atoms with Crippen LogP contribution in [-0.4, -0.2) is 10.8 Å². The van der Waals surface area contributed by atoms with Gasteiger partial charge in [-0.2, -0.15) is 0 Å². The van der Waals surface area contributed by atoms with Gasteiger partial charge in [-0.05, 0) is 30.0 Å². The van der Waals surface area contributed by atoms with Crippen molar-refractivity contribution >= 4 is 16.7 Å². The van der Waals surface area contributed by atoms with E-state index in [-0.39, 0.29) is 0 Å². The summed E-state index contributed by atoms with van der Waals surface area (Å²) in [6, 6.07) is 9.94. The van der Waals surface area contributed by atoms with Crippen LogP contribution in [0.25, 0.3) is 10.9 Å². The Morgan fingerprint density at radius 3 is 2.78 bits per heavy atom. The van der Waals surface area contributed by atoms with E-state index in [9.17, 15) is 4.79 Å². The van der Waals surface area contributed by atoms with E-state index >= 15 is 0 Å². The maximum atomic E-state index is 11.9. The highest BCUT2D eigenvalue weighted by Gasteiger charge is 2.08. The first-order valence-corrected chi connectivity index (χ1v) is 6.51. The molecule has 2 rings (SSSR count). The number of carbonyl (C=O) groups is 1. The summed E-state index contributed by atoms with van der Waals surface area (Å²) in [7, 11) is 0. The molecule has 0 spiro atoms. The summed E-state index contributed by atoms with van der Waals surface area (Å²) >= 11 is 0. The predicted octanol–water partition coefficient (Wildman–Crippen LogP) is 3.78. The number of Topliss-reactive ketones (excluding diaryl/α,β-unsaturated/α-hetero) is 1. The fourth-order valence-corrected chi connectivity index (χ4v) is 2.06. The van der Waals surface area contributed by atoms with Crippen molar-refractivity contribution in [3.63, 3.8) is 0 Å². The topological polar surface area (TPSA) is 30.0 Å². The van der Waals surface area contributed by atoms with E-state index in [0.717, 1.165) is 22.9 Å². The Kier molecular flexibility index (Phi) is 4.08. The number of ketones is 1. The first-order chi connectivity index (χ1) is 8.66. The molecule has 0 amide bonds. The standard InChI is InChI=1S/C16H19NO/c1-12(2)7-8-14(18)11-13-9-10-17-16-6-4-3-5-15(13)16/h3-6,9-10,12H,7-8,11H2,1-2H3. The Bertz CT molecular complexity index is 540. The number of fused-ring (bicyclic) bond motifs is 1. The van der Waals surface area contributed by atoms with Gasteiger partial charge in [0.2, 0.25) is 0 Å². The molecule has 0 atom stereocenters. The molecule has 0 fully saturated rings. The van der Waals surface area contributed by atoms with E-state index in [1.54, 1.807) is 6.20 Å².